The number of rotatable bonds is 7. The largest absolute Gasteiger partial charge is 0.484 e. The Morgan fingerprint density at radius 3 is 2.88 bits per heavy atom. The van der Waals surface area contributed by atoms with Crippen molar-refractivity contribution in [1.82, 2.24) is 10.2 Å². The molecule has 1 aromatic carbocycles. The van der Waals surface area contributed by atoms with Gasteiger partial charge in [-0.1, -0.05) is 12.1 Å². The lowest BCUT2D eigenvalue weighted by atomic mass is 10.2. The maximum atomic E-state index is 13.1. The fourth-order valence-electron chi connectivity index (χ4n) is 2.75. The van der Waals surface area contributed by atoms with Crippen molar-refractivity contribution in [2.75, 3.05) is 39.5 Å². The summed E-state index contributed by atoms with van der Waals surface area (Å²) >= 11 is 1.68. The van der Waals surface area contributed by atoms with Gasteiger partial charge >= 0.3 is 0 Å². The molecule has 0 radical (unpaired) electrons. The second kappa shape index (κ2) is 8.94. The second-order valence-electron chi connectivity index (χ2n) is 5.73. The van der Waals surface area contributed by atoms with E-state index in [4.69, 9.17) is 9.47 Å². The number of nitrogens with zero attached hydrogens (tertiary/aromatic N) is 1. The fourth-order valence-corrected chi connectivity index (χ4v) is 3.61. The first-order valence-corrected chi connectivity index (χ1v) is 9.10. The maximum Gasteiger partial charge on any atom is 0.258 e. The third-order valence-electron chi connectivity index (χ3n) is 4.02. The van der Waals surface area contributed by atoms with Crippen LogP contribution in [0.2, 0.25) is 0 Å². The number of morpholine rings is 1. The van der Waals surface area contributed by atoms with E-state index in [0.29, 0.717) is 25.5 Å². The molecule has 25 heavy (non-hydrogen) atoms. The summed E-state index contributed by atoms with van der Waals surface area (Å²) in [4.78, 5) is 15.6. The van der Waals surface area contributed by atoms with E-state index in [1.54, 1.807) is 23.5 Å². The third-order valence-corrected chi connectivity index (χ3v) is 4.99. The quantitative estimate of drug-likeness (QED) is 0.820. The molecule has 0 saturated carbocycles. The minimum atomic E-state index is -0.386. The average Bonchev–Trinajstić information content (AvgIpc) is 3.15. The van der Waals surface area contributed by atoms with Gasteiger partial charge in [0.1, 0.15) is 11.6 Å². The molecule has 0 unspecified atom stereocenters. The Bertz CT molecular complexity index is 675. The van der Waals surface area contributed by atoms with Crippen LogP contribution < -0.4 is 10.1 Å². The smallest absolute Gasteiger partial charge is 0.258 e. The Morgan fingerprint density at radius 2 is 2.16 bits per heavy atom. The molecule has 0 spiro atoms. The molecule has 1 aliphatic heterocycles. The van der Waals surface area contributed by atoms with Gasteiger partial charge in [-0.15, -0.1) is 11.3 Å². The molecule has 0 bridgehead atoms. The summed E-state index contributed by atoms with van der Waals surface area (Å²) in [7, 11) is 0. The number of hydrogen-bond donors (Lipinski definition) is 1. The van der Waals surface area contributed by atoms with E-state index in [-0.39, 0.29) is 24.4 Å². The van der Waals surface area contributed by atoms with Crippen LogP contribution in [0.15, 0.2) is 41.8 Å². The summed E-state index contributed by atoms with van der Waals surface area (Å²) in [6.07, 6.45) is 0. The number of ether oxygens (including phenoxy) is 2. The molecule has 2 aromatic rings. The van der Waals surface area contributed by atoms with Crippen LogP contribution in [0.5, 0.6) is 5.75 Å². The van der Waals surface area contributed by atoms with Crippen molar-refractivity contribution in [2.24, 2.45) is 0 Å². The predicted octanol–water partition coefficient (Wildman–Crippen LogP) is 2.46. The number of carbonyl (C=O) groups is 1. The fraction of sp³-hybridized carbons (Fsp3) is 0.389. The molecule has 1 aromatic heterocycles. The van der Waals surface area contributed by atoms with Crippen molar-refractivity contribution in [1.29, 1.82) is 0 Å². The number of carbonyl (C=O) groups excluding carboxylic acids is 1. The second-order valence-corrected chi connectivity index (χ2v) is 6.71. The monoisotopic (exact) mass is 364 g/mol. The molecule has 134 valence electrons. The molecular formula is C18H21FN2O3S. The topological polar surface area (TPSA) is 50.8 Å². The van der Waals surface area contributed by atoms with Gasteiger partial charge in [0.2, 0.25) is 0 Å². The first kappa shape index (κ1) is 17.8. The lowest BCUT2D eigenvalue weighted by molar-refractivity contribution is -0.123. The zero-order valence-electron chi connectivity index (χ0n) is 13.8. The average molecular weight is 364 g/mol. The molecule has 1 amide bonds. The first-order chi connectivity index (χ1) is 12.2. The van der Waals surface area contributed by atoms with Crippen molar-refractivity contribution in [2.45, 2.75) is 6.04 Å². The molecule has 1 N–H and O–H groups in total. The molecule has 0 aliphatic carbocycles. The van der Waals surface area contributed by atoms with E-state index >= 15 is 0 Å². The number of hydrogen-bond acceptors (Lipinski definition) is 5. The summed E-state index contributed by atoms with van der Waals surface area (Å²) in [5, 5.41) is 4.96. The Balaban J connectivity index is 1.52. The van der Waals surface area contributed by atoms with Gasteiger partial charge < -0.3 is 14.8 Å². The highest BCUT2D eigenvalue weighted by molar-refractivity contribution is 7.10. The molecule has 1 saturated heterocycles. The van der Waals surface area contributed by atoms with Crippen LogP contribution in [0.25, 0.3) is 0 Å². The number of halogens is 1. The van der Waals surface area contributed by atoms with Gasteiger partial charge in [0.15, 0.2) is 6.61 Å². The molecule has 1 fully saturated rings. The van der Waals surface area contributed by atoms with Gasteiger partial charge in [0, 0.05) is 30.6 Å². The van der Waals surface area contributed by atoms with E-state index in [0.717, 1.165) is 13.1 Å². The molecule has 3 rings (SSSR count). The van der Waals surface area contributed by atoms with Gasteiger partial charge in [0.05, 0.1) is 19.3 Å². The normalized spacial score (nSPS) is 16.4. The lowest BCUT2D eigenvalue weighted by Gasteiger charge is -2.34. The van der Waals surface area contributed by atoms with Crippen molar-refractivity contribution >= 4 is 17.2 Å². The Morgan fingerprint density at radius 1 is 1.32 bits per heavy atom. The summed E-state index contributed by atoms with van der Waals surface area (Å²) in [6.45, 7) is 3.48. The summed E-state index contributed by atoms with van der Waals surface area (Å²) in [6, 6.07) is 9.99. The van der Waals surface area contributed by atoms with E-state index < -0.39 is 0 Å². The third kappa shape index (κ3) is 5.26. The van der Waals surface area contributed by atoms with Crippen molar-refractivity contribution < 1.29 is 18.7 Å². The van der Waals surface area contributed by atoms with Gasteiger partial charge in [-0.25, -0.2) is 4.39 Å². The highest BCUT2D eigenvalue weighted by Crippen LogP contribution is 2.25. The Hall–Kier alpha value is -1.96. The van der Waals surface area contributed by atoms with Crippen molar-refractivity contribution in [3.05, 3.63) is 52.5 Å². The standard InChI is InChI=1S/C18H21FN2O3S/c19-14-3-1-4-15(11-14)24-13-18(22)20-12-16(17-5-2-10-25-17)21-6-8-23-9-7-21/h1-5,10-11,16H,6-9,12-13H2,(H,20,22)/t16-/m1/s1. The molecular weight excluding hydrogens is 343 g/mol. The SMILES string of the molecule is O=C(COc1cccc(F)c1)NC[C@H](c1cccs1)N1CCOCC1. The molecule has 7 heteroatoms. The number of benzene rings is 1. The summed E-state index contributed by atoms with van der Waals surface area (Å²) < 4.78 is 23.9. The van der Waals surface area contributed by atoms with Crippen LogP contribution >= 0.6 is 11.3 Å². The maximum absolute atomic E-state index is 13.1. The van der Waals surface area contributed by atoms with Gasteiger partial charge in [-0.2, -0.15) is 0 Å². The van der Waals surface area contributed by atoms with Crippen LogP contribution in [-0.2, 0) is 9.53 Å². The summed E-state index contributed by atoms with van der Waals surface area (Å²) in [5.74, 6) is -0.264. The first-order valence-electron chi connectivity index (χ1n) is 8.22. The zero-order chi connectivity index (χ0) is 17.5. The molecule has 2 heterocycles. The van der Waals surface area contributed by atoms with E-state index in [1.165, 1.54) is 17.0 Å². The highest BCUT2D eigenvalue weighted by atomic mass is 32.1. The molecule has 1 aliphatic rings. The van der Waals surface area contributed by atoms with E-state index in [1.807, 2.05) is 11.4 Å². The van der Waals surface area contributed by atoms with E-state index in [2.05, 4.69) is 16.3 Å². The summed E-state index contributed by atoms with van der Waals surface area (Å²) in [5.41, 5.74) is 0. The predicted molar refractivity (Wildman–Crippen MR) is 94.4 cm³/mol. The highest BCUT2D eigenvalue weighted by Gasteiger charge is 2.23. The molecule has 1 atom stereocenters. The van der Waals surface area contributed by atoms with Crippen LogP contribution in [0.1, 0.15) is 10.9 Å². The van der Waals surface area contributed by atoms with Crippen LogP contribution in [0.4, 0.5) is 4.39 Å². The molecule has 5 nitrogen and oxygen atoms in total. The van der Waals surface area contributed by atoms with Crippen LogP contribution in [0, 0.1) is 5.82 Å². The minimum Gasteiger partial charge on any atom is -0.484 e. The van der Waals surface area contributed by atoms with Crippen molar-refractivity contribution in [3.8, 4) is 5.75 Å². The zero-order valence-corrected chi connectivity index (χ0v) is 14.6. The number of amides is 1. The van der Waals surface area contributed by atoms with Gasteiger partial charge in [-0.05, 0) is 23.6 Å². The minimum absolute atomic E-state index is 0.127. The van der Waals surface area contributed by atoms with Gasteiger partial charge in [0.25, 0.3) is 5.91 Å². The van der Waals surface area contributed by atoms with Gasteiger partial charge in [-0.3, -0.25) is 9.69 Å². The Labute approximate surface area is 150 Å². The number of thiophene rings is 1. The van der Waals surface area contributed by atoms with Crippen LogP contribution in [0.3, 0.4) is 0 Å². The lowest BCUT2D eigenvalue weighted by Crippen LogP contribution is -2.44. The van der Waals surface area contributed by atoms with E-state index in [9.17, 15) is 9.18 Å². The Kier molecular flexibility index (Phi) is 6.38. The van der Waals surface area contributed by atoms with Crippen LogP contribution in [-0.4, -0.2) is 50.3 Å². The van der Waals surface area contributed by atoms with Crippen molar-refractivity contribution in [3.63, 3.8) is 0 Å². The number of nitrogens with one attached hydrogen (secondary N) is 1.